The molecule has 2 atom stereocenters. The number of ether oxygens (including phenoxy) is 1. The van der Waals surface area contributed by atoms with Gasteiger partial charge >= 0.3 is 6.09 Å². The second kappa shape index (κ2) is 9.77. The van der Waals surface area contributed by atoms with Crippen LogP contribution in [-0.4, -0.2) is 48.5 Å². The summed E-state index contributed by atoms with van der Waals surface area (Å²) in [5, 5.41) is 11.4. The Morgan fingerprint density at radius 1 is 1.30 bits per heavy atom. The van der Waals surface area contributed by atoms with Gasteiger partial charge in [0.05, 0.1) is 12.4 Å². The van der Waals surface area contributed by atoms with Crippen molar-refractivity contribution in [2.75, 3.05) is 6.26 Å². The fourth-order valence-corrected chi connectivity index (χ4v) is 1.32. The average Bonchev–Trinajstić information content (AvgIpc) is 2.41. The number of nitrogens with one attached hydrogen (secondary N) is 1. The van der Waals surface area contributed by atoms with Gasteiger partial charge < -0.3 is 20.9 Å². The predicted octanol–water partition coefficient (Wildman–Crippen LogP) is -0.348. The number of carbonyl (C=O) groups excluding carboxylic acids is 2. The summed E-state index contributed by atoms with van der Waals surface area (Å²) in [6.07, 6.45) is -1.16. The van der Waals surface area contributed by atoms with Crippen molar-refractivity contribution in [1.82, 2.24) is 5.32 Å². The van der Waals surface area contributed by atoms with Gasteiger partial charge in [0.25, 0.3) is 10.1 Å². The molecule has 0 aliphatic carbocycles. The minimum absolute atomic E-state index is 0.0813. The number of benzene rings is 1. The molecule has 5 N–H and O–H groups in total. The lowest BCUT2D eigenvalue weighted by atomic mass is 10.2. The summed E-state index contributed by atoms with van der Waals surface area (Å²) in [6, 6.07) is 7.92. The summed E-state index contributed by atoms with van der Waals surface area (Å²) in [7, 11) is -3.67. The zero-order chi connectivity index (χ0) is 18.0. The van der Waals surface area contributed by atoms with Crippen LogP contribution in [0.3, 0.4) is 0 Å². The predicted molar refractivity (Wildman–Crippen MR) is 81.9 cm³/mol. The first kappa shape index (κ1) is 20.8. The highest BCUT2D eigenvalue weighted by molar-refractivity contribution is 7.85. The highest BCUT2D eigenvalue weighted by Gasteiger charge is 2.23. The zero-order valence-electron chi connectivity index (χ0n) is 12.7. The summed E-state index contributed by atoms with van der Waals surface area (Å²) >= 11 is 0. The van der Waals surface area contributed by atoms with E-state index in [1.54, 1.807) is 12.1 Å². The lowest BCUT2D eigenvalue weighted by molar-refractivity contribution is -0.122. The SMILES string of the molecule is CC(O)[C@H](NC(=O)OCc1ccccc1)C(N)=O.CS(=O)(=O)O. The van der Waals surface area contributed by atoms with E-state index < -0.39 is 34.3 Å². The van der Waals surface area contributed by atoms with Crippen molar-refractivity contribution in [3.63, 3.8) is 0 Å². The van der Waals surface area contributed by atoms with E-state index in [9.17, 15) is 23.1 Å². The molecule has 0 fully saturated rings. The molecule has 9 nitrogen and oxygen atoms in total. The molecule has 23 heavy (non-hydrogen) atoms. The van der Waals surface area contributed by atoms with Gasteiger partial charge in [0.2, 0.25) is 5.91 Å². The van der Waals surface area contributed by atoms with Gasteiger partial charge in [0, 0.05) is 0 Å². The number of aliphatic hydroxyl groups is 1. The van der Waals surface area contributed by atoms with Crippen LogP contribution in [0.5, 0.6) is 0 Å². The Morgan fingerprint density at radius 3 is 2.17 bits per heavy atom. The van der Waals surface area contributed by atoms with Crippen molar-refractivity contribution in [2.24, 2.45) is 5.73 Å². The molecule has 0 aromatic heterocycles. The van der Waals surface area contributed by atoms with Crippen molar-refractivity contribution in [2.45, 2.75) is 25.7 Å². The van der Waals surface area contributed by atoms with Gasteiger partial charge in [-0.15, -0.1) is 0 Å². The molecule has 1 unspecified atom stereocenters. The summed E-state index contributed by atoms with van der Waals surface area (Å²) in [5.41, 5.74) is 5.84. The first-order valence-corrected chi connectivity index (χ1v) is 8.22. The van der Waals surface area contributed by atoms with Crippen LogP contribution in [0.25, 0.3) is 0 Å². The van der Waals surface area contributed by atoms with E-state index in [0.29, 0.717) is 6.26 Å². The van der Waals surface area contributed by atoms with Crippen molar-refractivity contribution in [3.05, 3.63) is 35.9 Å². The number of rotatable bonds is 5. The third-order valence-corrected chi connectivity index (χ3v) is 2.28. The van der Waals surface area contributed by atoms with E-state index in [1.165, 1.54) is 6.92 Å². The highest BCUT2D eigenvalue weighted by Crippen LogP contribution is 2.01. The van der Waals surface area contributed by atoms with Gasteiger partial charge in [0.15, 0.2) is 0 Å². The van der Waals surface area contributed by atoms with Crippen LogP contribution in [0.15, 0.2) is 30.3 Å². The molecule has 0 aliphatic rings. The van der Waals surface area contributed by atoms with Crippen molar-refractivity contribution >= 4 is 22.1 Å². The second-order valence-electron chi connectivity index (χ2n) is 4.56. The second-order valence-corrected chi connectivity index (χ2v) is 6.03. The summed E-state index contributed by atoms with van der Waals surface area (Å²) in [5.74, 6) is -0.818. The first-order valence-electron chi connectivity index (χ1n) is 6.37. The number of nitrogens with two attached hydrogens (primary N) is 1. The lowest BCUT2D eigenvalue weighted by Gasteiger charge is -2.17. The van der Waals surface area contributed by atoms with Gasteiger partial charge in [-0.1, -0.05) is 30.3 Å². The van der Waals surface area contributed by atoms with Crippen LogP contribution in [0.1, 0.15) is 12.5 Å². The van der Waals surface area contributed by atoms with E-state index in [0.717, 1.165) is 5.56 Å². The van der Waals surface area contributed by atoms with Crippen molar-refractivity contribution in [1.29, 1.82) is 0 Å². The number of hydrogen-bond acceptors (Lipinski definition) is 6. The summed E-state index contributed by atoms with van der Waals surface area (Å²) < 4.78 is 30.8. The lowest BCUT2D eigenvalue weighted by Crippen LogP contribution is -2.50. The van der Waals surface area contributed by atoms with E-state index in [1.807, 2.05) is 18.2 Å². The Bertz CT molecular complexity index is 594. The molecule has 130 valence electrons. The van der Waals surface area contributed by atoms with Gasteiger partial charge in [-0.2, -0.15) is 8.42 Å². The van der Waals surface area contributed by atoms with Gasteiger partial charge in [-0.3, -0.25) is 9.35 Å². The fourth-order valence-electron chi connectivity index (χ4n) is 1.32. The minimum Gasteiger partial charge on any atom is -0.445 e. The molecule has 0 radical (unpaired) electrons. The molecule has 0 aliphatic heterocycles. The molecule has 0 heterocycles. The molecule has 0 saturated carbocycles. The highest BCUT2D eigenvalue weighted by atomic mass is 32.2. The van der Waals surface area contributed by atoms with E-state index >= 15 is 0 Å². The number of hydrogen-bond donors (Lipinski definition) is 4. The van der Waals surface area contributed by atoms with Crippen LogP contribution < -0.4 is 11.1 Å². The minimum atomic E-state index is -3.67. The third kappa shape index (κ3) is 12.1. The Kier molecular flexibility index (Phi) is 8.85. The van der Waals surface area contributed by atoms with Crippen molar-refractivity contribution in [3.8, 4) is 0 Å². The smallest absolute Gasteiger partial charge is 0.408 e. The normalized spacial score (nSPS) is 13.0. The topological polar surface area (TPSA) is 156 Å². The first-order chi connectivity index (χ1) is 10.5. The van der Waals surface area contributed by atoms with Crippen LogP contribution in [0.2, 0.25) is 0 Å². The maximum Gasteiger partial charge on any atom is 0.408 e. The Hall–Kier alpha value is -2.17. The molecule has 0 spiro atoms. The van der Waals surface area contributed by atoms with Crippen LogP contribution in [0.4, 0.5) is 4.79 Å². The zero-order valence-corrected chi connectivity index (χ0v) is 13.5. The number of carbonyl (C=O) groups is 2. The van der Waals surface area contributed by atoms with Gasteiger partial charge in [-0.05, 0) is 12.5 Å². The fraction of sp³-hybridized carbons (Fsp3) is 0.385. The quantitative estimate of drug-likeness (QED) is 0.530. The average molecular weight is 348 g/mol. The maximum atomic E-state index is 11.4. The van der Waals surface area contributed by atoms with Crippen LogP contribution in [-0.2, 0) is 26.3 Å². The Balaban J connectivity index is 0.000000841. The molecule has 1 rings (SSSR count). The number of amides is 2. The number of aliphatic hydroxyl groups excluding tert-OH is 1. The molecule has 0 saturated heterocycles. The number of alkyl carbamates (subject to hydrolysis) is 1. The molecule has 1 aromatic rings. The molecular formula is C13H20N2O7S. The summed E-state index contributed by atoms with van der Waals surface area (Å²) in [4.78, 5) is 22.3. The van der Waals surface area contributed by atoms with Crippen LogP contribution >= 0.6 is 0 Å². The molecule has 1 aromatic carbocycles. The van der Waals surface area contributed by atoms with Gasteiger partial charge in [0.1, 0.15) is 12.6 Å². The largest absolute Gasteiger partial charge is 0.445 e. The van der Waals surface area contributed by atoms with E-state index in [2.05, 4.69) is 5.32 Å². The molecule has 10 heteroatoms. The molecule has 0 bridgehead atoms. The Morgan fingerprint density at radius 2 is 1.78 bits per heavy atom. The molecule has 2 amide bonds. The Labute approximate surface area is 134 Å². The van der Waals surface area contributed by atoms with Crippen LogP contribution in [0, 0.1) is 0 Å². The number of primary amides is 1. The monoisotopic (exact) mass is 348 g/mol. The third-order valence-electron chi connectivity index (χ3n) is 2.28. The standard InChI is InChI=1S/C12H16N2O4.CH4O3S/c1-8(15)10(11(13)16)14-12(17)18-7-9-5-3-2-4-6-9;1-5(2,3)4/h2-6,8,10,15H,7H2,1H3,(H2,13,16)(H,14,17);1H3,(H,2,3,4)/t8?,10-;/m0./s1. The van der Waals surface area contributed by atoms with E-state index in [-0.39, 0.29) is 6.61 Å². The van der Waals surface area contributed by atoms with E-state index in [4.69, 9.17) is 15.0 Å². The maximum absolute atomic E-state index is 11.4. The molecular weight excluding hydrogens is 328 g/mol. The van der Waals surface area contributed by atoms with Gasteiger partial charge in [-0.25, -0.2) is 4.79 Å². The summed E-state index contributed by atoms with van der Waals surface area (Å²) in [6.45, 7) is 1.44. The van der Waals surface area contributed by atoms with Crippen molar-refractivity contribution < 1.29 is 32.4 Å².